The first kappa shape index (κ1) is 17.4. The van der Waals surface area contributed by atoms with Gasteiger partial charge in [-0.2, -0.15) is 0 Å². The van der Waals surface area contributed by atoms with Gasteiger partial charge in [0.2, 0.25) is 5.91 Å². The zero-order valence-corrected chi connectivity index (χ0v) is 15.1. The number of amides is 1. The first-order chi connectivity index (χ1) is 12.1. The van der Waals surface area contributed by atoms with E-state index < -0.39 is 0 Å². The van der Waals surface area contributed by atoms with E-state index in [1.807, 2.05) is 55.6 Å². The molecule has 3 rings (SSSR count). The predicted molar refractivity (Wildman–Crippen MR) is 101 cm³/mol. The van der Waals surface area contributed by atoms with Gasteiger partial charge >= 0.3 is 0 Å². The lowest BCUT2D eigenvalue weighted by molar-refractivity contribution is -0.121. The SMILES string of the molecule is CCC(NC(=O)Cc1c[nH]c2ccc(OC)cc12)c1cccc(Cl)c1. The molecule has 0 aliphatic heterocycles. The minimum atomic E-state index is -0.0501. The van der Waals surface area contributed by atoms with Crippen molar-refractivity contribution in [1.29, 1.82) is 0 Å². The molecule has 2 N–H and O–H groups in total. The van der Waals surface area contributed by atoms with Gasteiger partial charge in [0.1, 0.15) is 5.75 Å². The second kappa shape index (κ2) is 7.62. The average Bonchev–Trinajstić information content (AvgIpc) is 3.01. The molecule has 1 atom stereocenters. The van der Waals surface area contributed by atoms with E-state index in [1.54, 1.807) is 7.11 Å². The number of methoxy groups -OCH3 is 1. The molecule has 0 aliphatic carbocycles. The van der Waals surface area contributed by atoms with Crippen LogP contribution in [0, 0.1) is 0 Å². The molecule has 1 heterocycles. The molecule has 0 saturated heterocycles. The fourth-order valence-electron chi connectivity index (χ4n) is 2.99. The number of carbonyl (C=O) groups is 1. The van der Waals surface area contributed by atoms with Gasteiger partial charge in [0, 0.05) is 22.1 Å². The molecule has 0 spiro atoms. The first-order valence-electron chi connectivity index (χ1n) is 8.29. The number of H-pyrrole nitrogens is 1. The van der Waals surface area contributed by atoms with E-state index in [0.29, 0.717) is 11.4 Å². The van der Waals surface area contributed by atoms with Crippen LogP contribution in [-0.4, -0.2) is 18.0 Å². The zero-order chi connectivity index (χ0) is 17.8. The highest BCUT2D eigenvalue weighted by atomic mass is 35.5. The van der Waals surface area contributed by atoms with Gasteiger partial charge < -0.3 is 15.0 Å². The summed E-state index contributed by atoms with van der Waals surface area (Å²) in [5.41, 5.74) is 2.96. The van der Waals surface area contributed by atoms with Crippen molar-refractivity contribution in [3.63, 3.8) is 0 Å². The highest BCUT2D eigenvalue weighted by Crippen LogP contribution is 2.25. The van der Waals surface area contributed by atoms with Gasteiger partial charge in [0.25, 0.3) is 0 Å². The van der Waals surface area contributed by atoms with Crippen LogP contribution in [0.1, 0.15) is 30.5 Å². The lowest BCUT2D eigenvalue weighted by Crippen LogP contribution is -2.29. The number of fused-ring (bicyclic) bond motifs is 1. The smallest absolute Gasteiger partial charge is 0.224 e. The number of benzene rings is 2. The quantitative estimate of drug-likeness (QED) is 0.676. The second-order valence-electron chi connectivity index (χ2n) is 5.99. The third-order valence-corrected chi connectivity index (χ3v) is 4.56. The van der Waals surface area contributed by atoms with Gasteiger partial charge in [-0.25, -0.2) is 0 Å². The highest BCUT2D eigenvalue weighted by Gasteiger charge is 2.15. The summed E-state index contributed by atoms with van der Waals surface area (Å²) in [4.78, 5) is 15.7. The third kappa shape index (κ3) is 3.97. The molecule has 2 aromatic carbocycles. The molecule has 3 aromatic rings. The molecule has 0 fully saturated rings. The van der Waals surface area contributed by atoms with Gasteiger partial charge in [-0.15, -0.1) is 0 Å². The van der Waals surface area contributed by atoms with Crippen molar-refractivity contribution >= 4 is 28.4 Å². The summed E-state index contributed by atoms with van der Waals surface area (Å²) in [7, 11) is 1.64. The fourth-order valence-corrected chi connectivity index (χ4v) is 3.19. The van der Waals surface area contributed by atoms with Gasteiger partial charge in [0.05, 0.1) is 19.6 Å². The number of carbonyl (C=O) groups excluding carboxylic acids is 1. The Morgan fingerprint density at radius 2 is 2.12 bits per heavy atom. The molecule has 0 bridgehead atoms. The van der Waals surface area contributed by atoms with Crippen molar-refractivity contribution < 1.29 is 9.53 Å². The third-order valence-electron chi connectivity index (χ3n) is 4.32. The van der Waals surface area contributed by atoms with Crippen molar-refractivity contribution in [2.45, 2.75) is 25.8 Å². The lowest BCUT2D eigenvalue weighted by atomic mass is 10.0. The number of aromatic amines is 1. The molecule has 1 aromatic heterocycles. The molecule has 1 unspecified atom stereocenters. The van der Waals surface area contributed by atoms with E-state index in [-0.39, 0.29) is 11.9 Å². The number of halogens is 1. The van der Waals surface area contributed by atoms with E-state index in [9.17, 15) is 4.79 Å². The Morgan fingerprint density at radius 3 is 2.84 bits per heavy atom. The summed E-state index contributed by atoms with van der Waals surface area (Å²) in [6.07, 6.45) is 2.99. The highest BCUT2D eigenvalue weighted by molar-refractivity contribution is 6.30. The minimum absolute atomic E-state index is 0.0180. The van der Waals surface area contributed by atoms with Gasteiger partial charge in [0.15, 0.2) is 0 Å². The van der Waals surface area contributed by atoms with E-state index in [4.69, 9.17) is 16.3 Å². The maximum absolute atomic E-state index is 12.5. The van der Waals surface area contributed by atoms with E-state index in [0.717, 1.165) is 34.2 Å². The van der Waals surface area contributed by atoms with Crippen LogP contribution in [0.3, 0.4) is 0 Å². The van der Waals surface area contributed by atoms with Crippen LogP contribution in [0.2, 0.25) is 5.02 Å². The molecule has 0 saturated carbocycles. The van der Waals surface area contributed by atoms with Crippen molar-refractivity contribution in [3.8, 4) is 5.75 Å². The van der Waals surface area contributed by atoms with Crippen LogP contribution in [-0.2, 0) is 11.2 Å². The summed E-state index contributed by atoms with van der Waals surface area (Å²) in [5, 5.41) is 4.78. The van der Waals surface area contributed by atoms with Crippen LogP contribution >= 0.6 is 11.6 Å². The number of rotatable bonds is 6. The largest absolute Gasteiger partial charge is 0.497 e. The Kier molecular flexibility index (Phi) is 5.29. The maximum atomic E-state index is 12.5. The standard InChI is InChI=1S/C20H21ClN2O2/c1-3-18(13-5-4-6-15(21)9-13)23-20(24)10-14-12-22-19-8-7-16(25-2)11-17(14)19/h4-9,11-12,18,22H,3,10H2,1-2H3,(H,23,24). The predicted octanol–water partition coefficient (Wildman–Crippen LogP) is 4.64. The zero-order valence-electron chi connectivity index (χ0n) is 14.3. The molecule has 0 radical (unpaired) electrons. The molecule has 1 amide bonds. The topological polar surface area (TPSA) is 54.1 Å². The number of ether oxygens (including phenoxy) is 1. The molecular formula is C20H21ClN2O2. The summed E-state index contributed by atoms with van der Waals surface area (Å²) < 4.78 is 5.28. The number of hydrogen-bond acceptors (Lipinski definition) is 2. The maximum Gasteiger partial charge on any atom is 0.224 e. The van der Waals surface area contributed by atoms with Crippen molar-refractivity contribution in [1.82, 2.24) is 10.3 Å². The minimum Gasteiger partial charge on any atom is -0.497 e. The van der Waals surface area contributed by atoms with Gasteiger partial charge in [-0.05, 0) is 47.9 Å². The normalized spacial score (nSPS) is 12.1. The molecule has 5 heteroatoms. The van der Waals surface area contributed by atoms with Crippen molar-refractivity contribution in [3.05, 3.63) is 64.8 Å². The van der Waals surface area contributed by atoms with Gasteiger partial charge in [-0.3, -0.25) is 4.79 Å². The molecule has 130 valence electrons. The van der Waals surface area contributed by atoms with E-state index >= 15 is 0 Å². The Balaban J connectivity index is 1.75. The molecule has 4 nitrogen and oxygen atoms in total. The Hall–Kier alpha value is -2.46. The van der Waals surface area contributed by atoms with Crippen LogP contribution in [0.15, 0.2) is 48.7 Å². The van der Waals surface area contributed by atoms with E-state index in [1.165, 1.54) is 0 Å². The summed E-state index contributed by atoms with van der Waals surface area (Å²) in [5.74, 6) is 0.759. The van der Waals surface area contributed by atoms with Crippen LogP contribution in [0.25, 0.3) is 10.9 Å². The monoisotopic (exact) mass is 356 g/mol. The first-order valence-corrected chi connectivity index (χ1v) is 8.67. The number of nitrogens with one attached hydrogen (secondary N) is 2. The number of hydrogen-bond donors (Lipinski definition) is 2. The fraction of sp³-hybridized carbons (Fsp3) is 0.250. The van der Waals surface area contributed by atoms with Crippen molar-refractivity contribution in [2.75, 3.05) is 7.11 Å². The van der Waals surface area contributed by atoms with Crippen LogP contribution in [0.5, 0.6) is 5.75 Å². The molecular weight excluding hydrogens is 336 g/mol. The number of aromatic nitrogens is 1. The summed E-state index contributed by atoms with van der Waals surface area (Å²) in [6.45, 7) is 2.04. The Morgan fingerprint density at radius 1 is 1.28 bits per heavy atom. The summed E-state index contributed by atoms with van der Waals surface area (Å²) in [6, 6.07) is 13.4. The second-order valence-corrected chi connectivity index (χ2v) is 6.42. The average molecular weight is 357 g/mol. The molecule has 0 aliphatic rings. The lowest BCUT2D eigenvalue weighted by Gasteiger charge is -2.17. The summed E-state index contributed by atoms with van der Waals surface area (Å²) >= 11 is 6.06. The van der Waals surface area contributed by atoms with Crippen LogP contribution < -0.4 is 10.1 Å². The van der Waals surface area contributed by atoms with Crippen LogP contribution in [0.4, 0.5) is 0 Å². The Bertz CT molecular complexity index is 888. The molecule has 25 heavy (non-hydrogen) atoms. The van der Waals surface area contributed by atoms with Gasteiger partial charge in [-0.1, -0.05) is 30.7 Å². The Labute approximate surface area is 152 Å². The van der Waals surface area contributed by atoms with E-state index in [2.05, 4.69) is 10.3 Å². The van der Waals surface area contributed by atoms with Crippen molar-refractivity contribution in [2.24, 2.45) is 0 Å².